The number of amides is 2. The predicted molar refractivity (Wildman–Crippen MR) is 116 cm³/mol. The van der Waals surface area contributed by atoms with Gasteiger partial charge >= 0.3 is 0 Å². The van der Waals surface area contributed by atoms with Gasteiger partial charge in [-0.2, -0.15) is 0 Å². The molecule has 1 saturated heterocycles. The normalized spacial score (nSPS) is 15.7. The van der Waals surface area contributed by atoms with Crippen molar-refractivity contribution in [2.75, 3.05) is 19.0 Å². The molecule has 9 heteroatoms. The van der Waals surface area contributed by atoms with Crippen molar-refractivity contribution < 1.29 is 18.8 Å². The lowest BCUT2D eigenvalue weighted by Gasteiger charge is -2.23. The summed E-state index contributed by atoms with van der Waals surface area (Å²) in [6, 6.07) is 8.91. The smallest absolute Gasteiger partial charge is 0.277 e. The van der Waals surface area contributed by atoms with Gasteiger partial charge in [-0.05, 0) is 38.8 Å². The molecule has 1 aliphatic heterocycles. The molecule has 32 heavy (non-hydrogen) atoms. The molecule has 0 aliphatic carbocycles. The van der Waals surface area contributed by atoms with Crippen LogP contribution in [0.2, 0.25) is 0 Å². The van der Waals surface area contributed by atoms with Crippen LogP contribution in [0.25, 0.3) is 0 Å². The zero-order valence-electron chi connectivity index (χ0n) is 18.3. The van der Waals surface area contributed by atoms with Gasteiger partial charge in [-0.3, -0.25) is 9.59 Å². The first kappa shape index (κ1) is 21.6. The molecule has 1 N–H and O–H groups in total. The molecular formula is C23H25N5O4. The minimum absolute atomic E-state index is 0.233. The second-order valence-corrected chi connectivity index (χ2v) is 7.70. The number of para-hydroxylation sites is 1. The quantitative estimate of drug-likeness (QED) is 0.631. The average molecular weight is 435 g/mol. The number of hydrogen-bond acceptors (Lipinski definition) is 7. The third kappa shape index (κ3) is 4.24. The van der Waals surface area contributed by atoms with Crippen LogP contribution in [0.1, 0.15) is 62.6 Å². The molecule has 166 valence electrons. The van der Waals surface area contributed by atoms with Gasteiger partial charge in [0.15, 0.2) is 11.5 Å². The van der Waals surface area contributed by atoms with Gasteiger partial charge in [0.2, 0.25) is 0 Å². The van der Waals surface area contributed by atoms with Crippen molar-refractivity contribution in [2.24, 2.45) is 0 Å². The van der Waals surface area contributed by atoms with Gasteiger partial charge in [0.1, 0.15) is 5.76 Å². The Morgan fingerprint density at radius 3 is 2.75 bits per heavy atom. The van der Waals surface area contributed by atoms with Gasteiger partial charge in [0.05, 0.1) is 29.5 Å². The summed E-state index contributed by atoms with van der Waals surface area (Å²) in [6.07, 6.45) is 3.08. The van der Waals surface area contributed by atoms with Gasteiger partial charge in [0, 0.05) is 25.5 Å². The monoisotopic (exact) mass is 435 g/mol. The van der Waals surface area contributed by atoms with E-state index in [2.05, 4.69) is 20.4 Å². The molecule has 0 radical (unpaired) electrons. The molecule has 3 aromatic rings. The number of rotatable bonds is 6. The Balaban J connectivity index is 1.55. The third-order valence-corrected chi connectivity index (χ3v) is 5.56. The summed E-state index contributed by atoms with van der Waals surface area (Å²) >= 11 is 0. The summed E-state index contributed by atoms with van der Waals surface area (Å²) in [5.74, 6) is 0.565. The molecule has 1 aromatic carbocycles. The second-order valence-electron chi connectivity index (χ2n) is 7.70. The summed E-state index contributed by atoms with van der Waals surface area (Å²) in [5.41, 5.74) is 2.55. The Hall–Kier alpha value is -3.59. The van der Waals surface area contributed by atoms with Crippen LogP contribution in [-0.2, 0) is 11.3 Å². The molecule has 0 bridgehead atoms. The van der Waals surface area contributed by atoms with E-state index in [0.717, 1.165) is 12.8 Å². The number of aryl methyl sites for hydroxylation is 2. The fourth-order valence-corrected chi connectivity index (χ4v) is 3.88. The minimum atomic E-state index is -0.292. The predicted octanol–water partition coefficient (Wildman–Crippen LogP) is 3.46. The van der Waals surface area contributed by atoms with Crippen LogP contribution < -0.4 is 5.32 Å². The lowest BCUT2D eigenvalue weighted by atomic mass is 10.1. The van der Waals surface area contributed by atoms with Crippen LogP contribution in [0.15, 0.2) is 41.1 Å². The number of methoxy groups -OCH3 is 1. The molecule has 9 nitrogen and oxygen atoms in total. The van der Waals surface area contributed by atoms with E-state index in [9.17, 15) is 9.59 Å². The summed E-state index contributed by atoms with van der Waals surface area (Å²) in [4.78, 5) is 36.6. The van der Waals surface area contributed by atoms with Crippen molar-refractivity contribution >= 4 is 17.5 Å². The molecule has 0 spiro atoms. The van der Waals surface area contributed by atoms with Crippen LogP contribution in [0.5, 0.6) is 0 Å². The number of aromatic nitrogens is 3. The van der Waals surface area contributed by atoms with E-state index in [0.29, 0.717) is 40.6 Å². The van der Waals surface area contributed by atoms with E-state index < -0.39 is 0 Å². The Morgan fingerprint density at radius 2 is 2.03 bits per heavy atom. The van der Waals surface area contributed by atoms with Crippen LogP contribution >= 0.6 is 0 Å². The molecule has 1 atom stereocenters. The fraction of sp³-hybridized carbons (Fsp3) is 0.348. The molecule has 2 aromatic heterocycles. The van der Waals surface area contributed by atoms with E-state index in [1.807, 2.05) is 30.3 Å². The van der Waals surface area contributed by atoms with E-state index in [4.69, 9.17) is 9.26 Å². The number of nitrogens with one attached hydrogen (secondary N) is 1. The van der Waals surface area contributed by atoms with E-state index in [1.54, 1.807) is 25.9 Å². The van der Waals surface area contributed by atoms with Crippen molar-refractivity contribution in [3.8, 4) is 0 Å². The van der Waals surface area contributed by atoms with Gasteiger partial charge in [0.25, 0.3) is 11.8 Å². The number of nitrogens with zero attached hydrogens (tertiary/aromatic N) is 4. The molecule has 1 unspecified atom stereocenters. The Bertz CT molecular complexity index is 1130. The highest BCUT2D eigenvalue weighted by Crippen LogP contribution is 2.32. The minimum Gasteiger partial charge on any atom is -0.380 e. The summed E-state index contributed by atoms with van der Waals surface area (Å²) < 4.78 is 10.4. The van der Waals surface area contributed by atoms with Gasteiger partial charge < -0.3 is 19.5 Å². The molecule has 2 amide bonds. The maximum absolute atomic E-state index is 13.2. The second kappa shape index (κ2) is 9.27. The molecule has 3 heterocycles. The lowest BCUT2D eigenvalue weighted by Crippen LogP contribution is -2.32. The maximum Gasteiger partial charge on any atom is 0.277 e. The number of ether oxygens (including phenoxy) is 1. The molecule has 1 fully saturated rings. The summed E-state index contributed by atoms with van der Waals surface area (Å²) in [6.45, 7) is 4.34. The Morgan fingerprint density at radius 1 is 1.25 bits per heavy atom. The van der Waals surface area contributed by atoms with Gasteiger partial charge in [-0.25, -0.2) is 9.97 Å². The molecule has 1 aliphatic rings. The lowest BCUT2D eigenvalue weighted by molar-refractivity contribution is 0.0714. The van der Waals surface area contributed by atoms with Crippen molar-refractivity contribution in [3.05, 3.63) is 70.6 Å². The van der Waals surface area contributed by atoms with Crippen LogP contribution in [0.3, 0.4) is 0 Å². The van der Waals surface area contributed by atoms with E-state index in [-0.39, 0.29) is 30.2 Å². The summed E-state index contributed by atoms with van der Waals surface area (Å²) in [7, 11) is 1.56. The van der Waals surface area contributed by atoms with Crippen LogP contribution in [-0.4, -0.2) is 45.5 Å². The first-order chi connectivity index (χ1) is 15.5. The van der Waals surface area contributed by atoms with Crippen LogP contribution in [0, 0.1) is 13.8 Å². The Kier molecular flexibility index (Phi) is 6.27. The van der Waals surface area contributed by atoms with Gasteiger partial charge in [-0.15, -0.1) is 0 Å². The zero-order valence-corrected chi connectivity index (χ0v) is 18.3. The number of benzene rings is 1. The van der Waals surface area contributed by atoms with E-state index >= 15 is 0 Å². The highest BCUT2D eigenvalue weighted by atomic mass is 16.5. The van der Waals surface area contributed by atoms with Crippen molar-refractivity contribution in [2.45, 2.75) is 39.3 Å². The number of carbonyl (C=O) groups is 2. The average Bonchev–Trinajstić information content (AvgIpc) is 3.42. The first-order valence-corrected chi connectivity index (χ1v) is 10.4. The number of anilines is 1. The first-order valence-electron chi connectivity index (χ1n) is 10.4. The number of likely N-dealkylation sites (tertiary alicyclic amines) is 1. The third-order valence-electron chi connectivity index (χ3n) is 5.56. The molecule has 4 rings (SSSR count). The molecule has 0 saturated carbocycles. The summed E-state index contributed by atoms with van der Waals surface area (Å²) in [5, 5.41) is 6.80. The highest BCUT2D eigenvalue weighted by molar-refractivity contribution is 6.04. The number of carbonyl (C=O) groups excluding carboxylic acids is 2. The van der Waals surface area contributed by atoms with E-state index in [1.165, 1.54) is 6.20 Å². The standard InChI is InChI=1S/C23H25N5O4/c1-14-17(22(29)26-16-8-5-4-6-9-16)12-24-21(25-14)19-10-7-11-28(19)23(30)20-18(13-31-3)15(2)32-27-20/h4-6,8-9,12,19H,7,10-11,13H2,1-3H3,(H,26,29). The maximum atomic E-state index is 13.2. The number of hydrogen-bond donors (Lipinski definition) is 1. The fourth-order valence-electron chi connectivity index (χ4n) is 3.88. The van der Waals surface area contributed by atoms with Gasteiger partial charge in [-0.1, -0.05) is 23.4 Å². The topological polar surface area (TPSA) is 110 Å². The zero-order chi connectivity index (χ0) is 22.7. The van der Waals surface area contributed by atoms with Crippen molar-refractivity contribution in [1.82, 2.24) is 20.0 Å². The van der Waals surface area contributed by atoms with Crippen molar-refractivity contribution in [1.29, 1.82) is 0 Å². The Labute approximate surface area is 185 Å². The van der Waals surface area contributed by atoms with Crippen molar-refractivity contribution in [3.63, 3.8) is 0 Å². The largest absolute Gasteiger partial charge is 0.380 e. The molecular weight excluding hydrogens is 410 g/mol. The highest BCUT2D eigenvalue weighted by Gasteiger charge is 2.35. The van der Waals surface area contributed by atoms with Crippen LogP contribution in [0.4, 0.5) is 5.69 Å². The SMILES string of the molecule is COCc1c(C(=O)N2CCCC2c2ncc(C(=O)Nc3ccccc3)c(C)n2)noc1C.